The van der Waals surface area contributed by atoms with Crippen LogP contribution in [-0.4, -0.2) is 32.4 Å². The lowest BCUT2D eigenvalue weighted by Crippen LogP contribution is -2.28. The van der Waals surface area contributed by atoms with Gasteiger partial charge in [-0.3, -0.25) is 9.09 Å². The minimum Gasteiger partial charge on any atom is -0.376 e. The van der Waals surface area contributed by atoms with Crippen LogP contribution in [0.4, 0.5) is 0 Å². The molecule has 0 radical (unpaired) electrons. The van der Waals surface area contributed by atoms with Crippen LogP contribution in [0.5, 0.6) is 0 Å². The molecule has 2 heterocycles. The first-order valence-corrected chi connectivity index (χ1v) is 7.71. The van der Waals surface area contributed by atoms with Gasteiger partial charge in [0.05, 0.1) is 19.3 Å². The lowest BCUT2D eigenvalue weighted by atomic mass is 9.88. The molecule has 0 aromatic carbocycles. The van der Waals surface area contributed by atoms with Crippen molar-refractivity contribution < 1.29 is 9.26 Å². The molecular weight excluding hydrogens is 284 g/mol. The highest BCUT2D eigenvalue weighted by atomic mass is 16.5. The Kier molecular flexibility index (Phi) is 4.62. The van der Waals surface area contributed by atoms with E-state index in [0.717, 1.165) is 6.42 Å². The van der Waals surface area contributed by atoms with E-state index in [1.54, 1.807) is 18.5 Å². The third kappa shape index (κ3) is 3.24. The molecule has 1 aliphatic carbocycles. The lowest BCUT2D eigenvalue weighted by molar-refractivity contribution is -0.00873. The molecule has 0 amide bonds. The first kappa shape index (κ1) is 14.9. The van der Waals surface area contributed by atoms with Crippen molar-refractivity contribution >= 4 is 0 Å². The summed E-state index contributed by atoms with van der Waals surface area (Å²) in [5.74, 6) is 0.776. The normalized spacial score (nSPS) is 21.9. The highest BCUT2D eigenvalue weighted by Crippen LogP contribution is 2.26. The van der Waals surface area contributed by atoms with E-state index in [4.69, 9.17) is 9.26 Å². The fourth-order valence-corrected chi connectivity index (χ4v) is 2.87. The summed E-state index contributed by atoms with van der Waals surface area (Å²) in [6.07, 6.45) is 8.28. The van der Waals surface area contributed by atoms with Crippen LogP contribution in [-0.2, 0) is 11.3 Å². The van der Waals surface area contributed by atoms with Gasteiger partial charge in [-0.25, -0.2) is 14.8 Å². The Balaban J connectivity index is 1.66. The van der Waals surface area contributed by atoms with Gasteiger partial charge in [0.25, 0.3) is 0 Å². The number of rotatable bonds is 5. The molecule has 1 saturated carbocycles. The van der Waals surface area contributed by atoms with Crippen LogP contribution in [0.1, 0.15) is 32.6 Å². The van der Waals surface area contributed by atoms with Crippen molar-refractivity contribution in [3.05, 3.63) is 29.0 Å². The number of hydrogen-bond donors (Lipinski definition) is 0. The molecule has 2 aromatic heterocycles. The highest BCUT2D eigenvalue weighted by molar-refractivity contribution is 5.41. The van der Waals surface area contributed by atoms with Crippen molar-refractivity contribution in [3.8, 4) is 11.6 Å². The summed E-state index contributed by atoms with van der Waals surface area (Å²) in [4.78, 5) is 20.0. The zero-order valence-electron chi connectivity index (χ0n) is 12.6. The van der Waals surface area contributed by atoms with Crippen molar-refractivity contribution in [1.29, 1.82) is 0 Å². The second kappa shape index (κ2) is 6.83. The van der Waals surface area contributed by atoms with E-state index in [-0.39, 0.29) is 6.10 Å². The van der Waals surface area contributed by atoms with Crippen molar-refractivity contribution in [2.45, 2.75) is 45.3 Å². The molecule has 7 heteroatoms. The quantitative estimate of drug-likeness (QED) is 0.839. The Morgan fingerprint density at radius 1 is 1.32 bits per heavy atom. The molecule has 7 nitrogen and oxygen atoms in total. The number of aromatic nitrogens is 4. The Bertz CT molecular complexity index is 652. The van der Waals surface area contributed by atoms with Gasteiger partial charge in [0.2, 0.25) is 5.82 Å². The minimum atomic E-state index is -0.511. The summed E-state index contributed by atoms with van der Waals surface area (Å²) in [6, 6.07) is 1.71. The summed E-state index contributed by atoms with van der Waals surface area (Å²) in [5, 5.41) is 3.76. The Hall–Kier alpha value is -2.02. The van der Waals surface area contributed by atoms with E-state index in [2.05, 4.69) is 22.0 Å². The van der Waals surface area contributed by atoms with Crippen LogP contribution in [0.3, 0.4) is 0 Å². The summed E-state index contributed by atoms with van der Waals surface area (Å²) >= 11 is 0. The topological polar surface area (TPSA) is 83.0 Å². The maximum atomic E-state index is 11.8. The van der Waals surface area contributed by atoms with E-state index < -0.39 is 5.76 Å². The van der Waals surface area contributed by atoms with E-state index in [1.165, 1.54) is 23.8 Å². The molecule has 2 aromatic rings. The van der Waals surface area contributed by atoms with Gasteiger partial charge < -0.3 is 4.74 Å². The van der Waals surface area contributed by atoms with Crippen molar-refractivity contribution in [1.82, 2.24) is 19.7 Å². The van der Waals surface area contributed by atoms with E-state index in [0.29, 0.717) is 30.7 Å². The number of nitrogens with zero attached hydrogens (tertiary/aromatic N) is 4. The molecule has 2 atom stereocenters. The van der Waals surface area contributed by atoms with E-state index in [1.807, 2.05) is 0 Å². The van der Waals surface area contributed by atoms with Gasteiger partial charge in [0, 0.05) is 12.4 Å². The van der Waals surface area contributed by atoms with Gasteiger partial charge >= 0.3 is 5.76 Å². The van der Waals surface area contributed by atoms with E-state index in [9.17, 15) is 4.79 Å². The molecule has 0 spiro atoms. The van der Waals surface area contributed by atoms with Crippen LogP contribution >= 0.6 is 0 Å². The predicted octanol–water partition coefficient (Wildman–Crippen LogP) is 1.89. The van der Waals surface area contributed by atoms with E-state index >= 15 is 0 Å². The first-order valence-electron chi connectivity index (χ1n) is 7.71. The Labute approximate surface area is 128 Å². The number of ether oxygens (including phenoxy) is 1. The van der Waals surface area contributed by atoms with Gasteiger partial charge in [-0.2, -0.15) is 0 Å². The van der Waals surface area contributed by atoms with Gasteiger partial charge in [-0.1, -0.05) is 24.9 Å². The molecule has 0 N–H and O–H groups in total. The molecule has 1 fully saturated rings. The lowest BCUT2D eigenvalue weighted by Gasteiger charge is -2.28. The predicted molar refractivity (Wildman–Crippen MR) is 79.2 cm³/mol. The third-order valence-electron chi connectivity index (χ3n) is 4.13. The van der Waals surface area contributed by atoms with Crippen LogP contribution < -0.4 is 5.76 Å². The Morgan fingerprint density at radius 2 is 2.09 bits per heavy atom. The summed E-state index contributed by atoms with van der Waals surface area (Å²) in [7, 11) is 0. The van der Waals surface area contributed by atoms with Gasteiger partial charge in [0.15, 0.2) is 5.82 Å². The second-order valence-corrected chi connectivity index (χ2v) is 5.67. The zero-order chi connectivity index (χ0) is 15.4. The van der Waals surface area contributed by atoms with Gasteiger partial charge in [-0.15, -0.1) is 0 Å². The second-order valence-electron chi connectivity index (χ2n) is 5.67. The fourth-order valence-electron chi connectivity index (χ4n) is 2.87. The van der Waals surface area contributed by atoms with Gasteiger partial charge in [0.1, 0.15) is 0 Å². The number of hydrogen-bond acceptors (Lipinski definition) is 6. The van der Waals surface area contributed by atoms with Crippen LogP contribution in [0.25, 0.3) is 11.6 Å². The molecule has 118 valence electrons. The molecule has 3 rings (SSSR count). The SMILES string of the molecule is CC1CCCCC1OCCn1c(-c2ncccn2)noc1=O. The first-order chi connectivity index (χ1) is 10.8. The smallest absolute Gasteiger partial charge is 0.376 e. The summed E-state index contributed by atoms with van der Waals surface area (Å²) in [5.41, 5.74) is 0. The monoisotopic (exact) mass is 304 g/mol. The standard InChI is InChI=1S/C15H20N4O3/c1-11-5-2-3-6-12(11)21-10-9-19-14(18-22-15(19)20)13-16-7-4-8-17-13/h4,7-8,11-12H,2-3,5-6,9-10H2,1H3. The molecule has 2 unspecified atom stereocenters. The van der Waals surface area contributed by atoms with Crippen LogP contribution in [0.15, 0.2) is 27.8 Å². The molecule has 0 saturated heterocycles. The molecule has 22 heavy (non-hydrogen) atoms. The van der Waals surface area contributed by atoms with Crippen LogP contribution in [0, 0.1) is 5.92 Å². The molecular formula is C15H20N4O3. The summed E-state index contributed by atoms with van der Waals surface area (Å²) < 4.78 is 12.1. The maximum absolute atomic E-state index is 11.8. The average molecular weight is 304 g/mol. The van der Waals surface area contributed by atoms with Crippen molar-refractivity contribution in [3.63, 3.8) is 0 Å². The largest absolute Gasteiger partial charge is 0.442 e. The minimum absolute atomic E-state index is 0.278. The van der Waals surface area contributed by atoms with Crippen LogP contribution in [0.2, 0.25) is 0 Å². The Morgan fingerprint density at radius 3 is 2.86 bits per heavy atom. The molecule has 0 aliphatic heterocycles. The molecule has 1 aliphatic rings. The average Bonchev–Trinajstić information content (AvgIpc) is 2.91. The third-order valence-corrected chi connectivity index (χ3v) is 4.13. The molecule has 0 bridgehead atoms. The zero-order valence-corrected chi connectivity index (χ0v) is 12.6. The highest BCUT2D eigenvalue weighted by Gasteiger charge is 2.22. The summed E-state index contributed by atoms with van der Waals surface area (Å²) in [6.45, 7) is 3.06. The van der Waals surface area contributed by atoms with Crippen molar-refractivity contribution in [2.75, 3.05) is 6.61 Å². The fraction of sp³-hybridized carbons (Fsp3) is 0.600. The van der Waals surface area contributed by atoms with Crippen molar-refractivity contribution in [2.24, 2.45) is 5.92 Å². The van der Waals surface area contributed by atoms with Gasteiger partial charge in [-0.05, 0) is 24.8 Å². The maximum Gasteiger partial charge on any atom is 0.442 e.